The first kappa shape index (κ1) is 8.94. The monoisotopic (exact) mass is 191 g/mol. The molecule has 0 spiro atoms. The van der Waals surface area contributed by atoms with Crippen LogP contribution in [0.1, 0.15) is 0 Å². The molecule has 0 atom stereocenters. The molecule has 3 nitrogen and oxygen atoms in total. The highest BCUT2D eigenvalue weighted by molar-refractivity contribution is 5.63. The molecule has 1 aliphatic rings. The van der Waals surface area contributed by atoms with E-state index in [-0.39, 0.29) is 0 Å². The van der Waals surface area contributed by atoms with Gasteiger partial charge in [-0.2, -0.15) is 0 Å². The number of fused-ring (bicyclic) bond motifs is 1. The number of rotatable bonds is 3. The first-order chi connectivity index (χ1) is 6.92. The molecular formula is C11H13NO2. The third-order valence-electron chi connectivity index (χ3n) is 2.00. The van der Waals surface area contributed by atoms with E-state index in [9.17, 15) is 0 Å². The smallest absolute Gasteiger partial charge is 0.184 e. The topological polar surface area (TPSA) is 30.5 Å². The van der Waals surface area contributed by atoms with Gasteiger partial charge >= 0.3 is 0 Å². The molecule has 1 aliphatic heterocycles. The fraction of sp³-hybridized carbons (Fsp3) is 0.273. The lowest BCUT2D eigenvalue weighted by molar-refractivity contribution is 0.172. The van der Waals surface area contributed by atoms with Crippen molar-refractivity contribution in [3.05, 3.63) is 30.9 Å². The predicted octanol–water partition coefficient (Wildman–Crippen LogP) is 2.06. The molecule has 1 aromatic carbocycles. The van der Waals surface area contributed by atoms with Crippen molar-refractivity contribution in [2.75, 3.05) is 25.1 Å². The normalized spacial score (nSPS) is 13.4. The number of benzene rings is 1. The summed E-state index contributed by atoms with van der Waals surface area (Å²) in [7, 11) is 0. The summed E-state index contributed by atoms with van der Waals surface area (Å²) in [5.41, 5.74) is 0.960. The van der Waals surface area contributed by atoms with Gasteiger partial charge in [0.2, 0.25) is 0 Å². The van der Waals surface area contributed by atoms with E-state index in [4.69, 9.17) is 9.47 Å². The summed E-state index contributed by atoms with van der Waals surface area (Å²) >= 11 is 0. The Morgan fingerprint density at radius 2 is 2.21 bits per heavy atom. The van der Waals surface area contributed by atoms with Gasteiger partial charge in [-0.05, 0) is 12.1 Å². The van der Waals surface area contributed by atoms with Crippen LogP contribution in [-0.4, -0.2) is 19.8 Å². The van der Waals surface area contributed by atoms with Crippen LogP contribution in [0.5, 0.6) is 11.5 Å². The molecule has 0 saturated carbocycles. The molecule has 74 valence electrons. The Hall–Kier alpha value is -1.64. The van der Waals surface area contributed by atoms with Gasteiger partial charge in [-0.3, -0.25) is 0 Å². The summed E-state index contributed by atoms with van der Waals surface area (Å²) in [6, 6.07) is 5.82. The van der Waals surface area contributed by atoms with Crippen molar-refractivity contribution >= 4 is 5.69 Å². The van der Waals surface area contributed by atoms with E-state index >= 15 is 0 Å². The van der Waals surface area contributed by atoms with Gasteiger partial charge < -0.3 is 14.8 Å². The van der Waals surface area contributed by atoms with E-state index in [2.05, 4.69) is 11.9 Å². The van der Waals surface area contributed by atoms with Gasteiger partial charge in [0.15, 0.2) is 11.5 Å². The van der Waals surface area contributed by atoms with Crippen LogP contribution in [-0.2, 0) is 0 Å². The SMILES string of the molecule is C=CCNc1cccc2c1OCCO2. The molecule has 0 radical (unpaired) electrons. The number of anilines is 1. The van der Waals surface area contributed by atoms with Gasteiger partial charge in [0.05, 0.1) is 5.69 Å². The van der Waals surface area contributed by atoms with E-state index in [1.165, 1.54) is 0 Å². The van der Waals surface area contributed by atoms with Crippen LogP contribution < -0.4 is 14.8 Å². The highest BCUT2D eigenvalue weighted by atomic mass is 16.6. The van der Waals surface area contributed by atoms with Crippen LogP contribution in [0.25, 0.3) is 0 Å². The van der Waals surface area contributed by atoms with E-state index in [0.29, 0.717) is 13.2 Å². The Kier molecular flexibility index (Phi) is 2.58. The molecule has 0 aromatic heterocycles. The fourth-order valence-corrected chi connectivity index (χ4v) is 1.40. The summed E-state index contributed by atoms with van der Waals surface area (Å²) in [5, 5.41) is 3.20. The van der Waals surface area contributed by atoms with Crippen molar-refractivity contribution in [1.29, 1.82) is 0 Å². The molecule has 0 saturated heterocycles. The molecular weight excluding hydrogens is 178 g/mol. The van der Waals surface area contributed by atoms with Gasteiger partial charge in [-0.25, -0.2) is 0 Å². The zero-order chi connectivity index (χ0) is 9.80. The molecule has 1 heterocycles. The number of hydrogen-bond donors (Lipinski definition) is 1. The Morgan fingerprint density at radius 1 is 1.36 bits per heavy atom. The number of hydrogen-bond acceptors (Lipinski definition) is 3. The summed E-state index contributed by atoms with van der Waals surface area (Å²) in [6.45, 7) is 5.61. The molecule has 0 amide bonds. The minimum absolute atomic E-state index is 0.611. The van der Waals surface area contributed by atoms with E-state index in [1.807, 2.05) is 24.3 Å². The van der Waals surface area contributed by atoms with Gasteiger partial charge in [0, 0.05) is 6.54 Å². The Bertz CT molecular complexity index is 336. The average Bonchev–Trinajstić information content (AvgIpc) is 2.26. The maximum atomic E-state index is 5.53. The third kappa shape index (κ3) is 1.66. The third-order valence-corrected chi connectivity index (χ3v) is 2.00. The standard InChI is InChI=1S/C11H13NO2/c1-2-6-12-9-4-3-5-10-11(9)14-8-7-13-10/h2-5,12H,1,6-8H2. The lowest BCUT2D eigenvalue weighted by atomic mass is 10.2. The van der Waals surface area contributed by atoms with Crippen LogP contribution in [0.4, 0.5) is 5.69 Å². The van der Waals surface area contributed by atoms with Crippen molar-refractivity contribution in [3.8, 4) is 11.5 Å². The minimum atomic E-state index is 0.611. The molecule has 14 heavy (non-hydrogen) atoms. The molecule has 1 aromatic rings. The Morgan fingerprint density at radius 3 is 3.07 bits per heavy atom. The van der Waals surface area contributed by atoms with E-state index in [0.717, 1.165) is 23.7 Å². The van der Waals surface area contributed by atoms with Crippen LogP contribution in [0.15, 0.2) is 30.9 Å². The average molecular weight is 191 g/mol. The summed E-state index contributed by atoms with van der Waals surface area (Å²) in [5.74, 6) is 1.62. The predicted molar refractivity (Wildman–Crippen MR) is 56.1 cm³/mol. The van der Waals surface area contributed by atoms with Crippen LogP contribution in [0.2, 0.25) is 0 Å². The first-order valence-electron chi connectivity index (χ1n) is 4.65. The van der Waals surface area contributed by atoms with Gasteiger partial charge in [0.1, 0.15) is 13.2 Å². The van der Waals surface area contributed by atoms with Crippen molar-refractivity contribution < 1.29 is 9.47 Å². The van der Waals surface area contributed by atoms with Crippen LogP contribution in [0, 0.1) is 0 Å². The van der Waals surface area contributed by atoms with Crippen LogP contribution in [0.3, 0.4) is 0 Å². The summed E-state index contributed by atoms with van der Waals surface area (Å²) < 4.78 is 11.0. The van der Waals surface area contributed by atoms with Gasteiger partial charge in [-0.1, -0.05) is 12.1 Å². The second-order valence-corrected chi connectivity index (χ2v) is 3.00. The molecule has 1 N–H and O–H groups in total. The lowest BCUT2D eigenvalue weighted by Gasteiger charge is -2.21. The van der Waals surface area contributed by atoms with Crippen molar-refractivity contribution in [3.63, 3.8) is 0 Å². The number of nitrogens with one attached hydrogen (secondary N) is 1. The second kappa shape index (κ2) is 4.05. The fourth-order valence-electron chi connectivity index (χ4n) is 1.40. The van der Waals surface area contributed by atoms with E-state index in [1.54, 1.807) is 0 Å². The minimum Gasteiger partial charge on any atom is -0.486 e. The van der Waals surface area contributed by atoms with Crippen molar-refractivity contribution in [1.82, 2.24) is 0 Å². The largest absolute Gasteiger partial charge is 0.486 e. The molecule has 0 fully saturated rings. The number of ether oxygens (including phenoxy) is 2. The highest BCUT2D eigenvalue weighted by Gasteiger charge is 2.14. The second-order valence-electron chi connectivity index (χ2n) is 3.00. The number of para-hydroxylation sites is 1. The van der Waals surface area contributed by atoms with Crippen LogP contribution >= 0.6 is 0 Å². The lowest BCUT2D eigenvalue weighted by Crippen LogP contribution is -2.16. The molecule has 2 rings (SSSR count). The quantitative estimate of drug-likeness (QED) is 0.742. The van der Waals surface area contributed by atoms with Crippen molar-refractivity contribution in [2.24, 2.45) is 0 Å². The van der Waals surface area contributed by atoms with Gasteiger partial charge in [0.25, 0.3) is 0 Å². The zero-order valence-electron chi connectivity index (χ0n) is 7.95. The van der Waals surface area contributed by atoms with E-state index < -0.39 is 0 Å². The highest BCUT2D eigenvalue weighted by Crippen LogP contribution is 2.36. The summed E-state index contributed by atoms with van der Waals surface area (Å²) in [4.78, 5) is 0. The molecule has 0 unspecified atom stereocenters. The summed E-state index contributed by atoms with van der Waals surface area (Å²) in [6.07, 6.45) is 1.81. The van der Waals surface area contributed by atoms with Gasteiger partial charge in [-0.15, -0.1) is 6.58 Å². The maximum Gasteiger partial charge on any atom is 0.184 e. The van der Waals surface area contributed by atoms with Crippen molar-refractivity contribution in [2.45, 2.75) is 0 Å². The Balaban J connectivity index is 2.25. The first-order valence-corrected chi connectivity index (χ1v) is 4.65. The molecule has 3 heteroatoms. The Labute approximate surface area is 83.3 Å². The zero-order valence-corrected chi connectivity index (χ0v) is 7.95. The molecule has 0 aliphatic carbocycles. The maximum absolute atomic E-state index is 5.53. The molecule has 0 bridgehead atoms.